The second-order valence-corrected chi connectivity index (χ2v) is 13.5. The lowest BCUT2D eigenvalue weighted by Gasteiger charge is -2.41. The SMILES string of the molecule is C.COC(=O)c1ccccc1C1=c2cc3c(cc2Oc2cc4c(cc21)C(C)=CC(C)(C)N4C)=[N+](C)C(C)(C)C=C3C.[O-][Cl+3]([O-])([O-])[O-]. The van der Waals surface area contributed by atoms with Crippen molar-refractivity contribution in [2.45, 2.75) is 60.0 Å². The van der Waals surface area contributed by atoms with E-state index in [1.807, 2.05) is 24.3 Å². The summed E-state index contributed by atoms with van der Waals surface area (Å²) in [6.07, 6.45) is 4.62. The summed E-state index contributed by atoms with van der Waals surface area (Å²) < 4.78 is 48.3. The normalized spacial score (nSPS) is 16.9. The quantitative estimate of drug-likeness (QED) is 0.237. The Morgan fingerprint density at radius 3 is 2.11 bits per heavy atom. The second-order valence-electron chi connectivity index (χ2n) is 12.7. The van der Waals surface area contributed by atoms with E-state index < -0.39 is 10.2 Å². The predicted molar refractivity (Wildman–Crippen MR) is 169 cm³/mol. The molecule has 0 bridgehead atoms. The van der Waals surface area contributed by atoms with E-state index in [2.05, 4.69) is 102 Å². The van der Waals surface area contributed by atoms with Crippen molar-refractivity contribution >= 4 is 28.4 Å². The molecule has 0 fully saturated rings. The van der Waals surface area contributed by atoms with Crippen molar-refractivity contribution in [2.24, 2.45) is 0 Å². The first-order valence-electron chi connectivity index (χ1n) is 14.4. The number of fused-ring (bicyclic) bond motifs is 4. The van der Waals surface area contributed by atoms with Crippen LogP contribution in [0.25, 0.3) is 16.7 Å². The Morgan fingerprint density at radius 2 is 1.48 bits per heavy atom. The third-order valence-corrected chi connectivity index (χ3v) is 9.00. The molecule has 46 heavy (non-hydrogen) atoms. The van der Waals surface area contributed by atoms with Gasteiger partial charge in [-0.05, 0) is 68.7 Å². The number of hydrogen-bond donors (Lipinski definition) is 0. The van der Waals surface area contributed by atoms with Gasteiger partial charge in [-0.2, -0.15) is 0 Å². The average Bonchev–Trinajstić information content (AvgIpc) is 2.94. The molecule has 3 aliphatic rings. The molecule has 0 saturated carbocycles. The summed E-state index contributed by atoms with van der Waals surface area (Å²) in [5.74, 6) is 1.20. The number of likely N-dealkylation sites (N-methyl/N-ethyl adjacent to an activating group) is 2. The Bertz CT molecular complexity index is 1930. The van der Waals surface area contributed by atoms with E-state index in [0.717, 1.165) is 55.6 Å². The molecule has 0 aliphatic carbocycles. The molecule has 0 aromatic heterocycles. The molecule has 3 aliphatic heterocycles. The fourth-order valence-corrected chi connectivity index (χ4v) is 6.46. The smallest absolute Gasteiger partial charge is 0.338 e. The van der Waals surface area contributed by atoms with E-state index in [0.29, 0.717) is 5.56 Å². The van der Waals surface area contributed by atoms with E-state index >= 15 is 0 Å². The summed E-state index contributed by atoms with van der Waals surface area (Å²) in [7, 11) is 0.745. The molecule has 3 aromatic rings. The van der Waals surface area contributed by atoms with Gasteiger partial charge >= 0.3 is 5.97 Å². The summed E-state index contributed by atoms with van der Waals surface area (Å²) in [5, 5.41) is 2.09. The summed E-state index contributed by atoms with van der Waals surface area (Å²) in [5.41, 5.74) is 8.95. The molecular formula is C36H41ClN2O7. The number of methoxy groups -OCH3 is 1. The second kappa shape index (κ2) is 12.0. The van der Waals surface area contributed by atoms with Gasteiger partial charge in [-0.1, -0.05) is 31.7 Å². The number of nitrogens with zero attached hydrogens (tertiary/aromatic N) is 2. The molecule has 10 heteroatoms. The van der Waals surface area contributed by atoms with Crippen molar-refractivity contribution in [3.8, 4) is 11.5 Å². The van der Waals surface area contributed by atoms with Crippen LogP contribution < -0.4 is 43.4 Å². The van der Waals surface area contributed by atoms with Gasteiger partial charge in [0.15, 0.2) is 5.54 Å². The third kappa shape index (κ3) is 6.21. The first-order valence-corrected chi connectivity index (χ1v) is 15.7. The fourth-order valence-electron chi connectivity index (χ4n) is 6.46. The van der Waals surface area contributed by atoms with Crippen molar-refractivity contribution in [3.05, 3.63) is 99.1 Å². The maximum absolute atomic E-state index is 13.0. The first kappa shape index (κ1) is 34.9. The molecule has 0 amide bonds. The maximum Gasteiger partial charge on any atom is 0.338 e. The predicted octanol–water partition coefficient (Wildman–Crippen LogP) is 1.65. The van der Waals surface area contributed by atoms with Crippen molar-refractivity contribution in [2.75, 3.05) is 26.1 Å². The highest BCUT2D eigenvalue weighted by Gasteiger charge is 2.35. The maximum atomic E-state index is 13.0. The molecule has 0 spiro atoms. The Morgan fingerprint density at radius 1 is 0.870 bits per heavy atom. The van der Waals surface area contributed by atoms with Crippen LogP contribution in [-0.4, -0.2) is 38.3 Å². The zero-order valence-corrected chi connectivity index (χ0v) is 27.7. The minimum absolute atomic E-state index is 0. The molecule has 0 saturated heterocycles. The highest BCUT2D eigenvalue weighted by Crippen LogP contribution is 2.46. The van der Waals surface area contributed by atoms with Gasteiger partial charge in [0, 0.05) is 60.1 Å². The molecule has 3 heterocycles. The van der Waals surface area contributed by atoms with Crippen molar-refractivity contribution in [1.29, 1.82) is 0 Å². The lowest BCUT2D eigenvalue weighted by atomic mass is 9.83. The van der Waals surface area contributed by atoms with Crippen molar-refractivity contribution in [1.82, 2.24) is 4.58 Å². The third-order valence-electron chi connectivity index (χ3n) is 9.00. The molecule has 0 N–H and O–H groups in total. The van der Waals surface area contributed by atoms with Gasteiger partial charge in [-0.25, -0.2) is 28.0 Å². The number of anilines is 1. The van der Waals surface area contributed by atoms with E-state index in [1.165, 1.54) is 18.3 Å². The summed E-state index contributed by atoms with van der Waals surface area (Å²) in [6, 6.07) is 16.5. The van der Waals surface area contributed by atoms with Gasteiger partial charge in [-0.3, -0.25) is 0 Å². The Hall–Kier alpha value is -3.99. The van der Waals surface area contributed by atoms with Crippen LogP contribution in [0.3, 0.4) is 0 Å². The summed E-state index contributed by atoms with van der Waals surface area (Å²) in [6.45, 7) is 13.2. The standard InChI is InChI=1S/C35H37N2O3.CH4.ClHO4/c1-20-18-34(3,4)36(7)28-16-30-26(14-24(20)28)32(22-12-10-11-13-23(22)33(38)39-9)27-15-25-21(2)19-35(5,6)37(8)29(25)17-31(27)40-30;;2-1(3,4)5/h10-19H,1-9H3;1H4;(H,2,3,4,5)/q+1;;/p-1. The fraction of sp³-hybridized carbons (Fsp3) is 0.333. The van der Waals surface area contributed by atoms with Crippen LogP contribution in [0.4, 0.5) is 5.69 Å². The minimum Gasteiger partial charge on any atom is -0.465 e. The average molecular weight is 649 g/mol. The van der Waals surface area contributed by atoms with E-state index in [1.54, 1.807) is 0 Å². The van der Waals surface area contributed by atoms with Gasteiger partial charge in [-0.15, -0.1) is 10.2 Å². The summed E-state index contributed by atoms with van der Waals surface area (Å²) >= 11 is 0. The van der Waals surface area contributed by atoms with Crippen molar-refractivity contribution < 1.29 is 43.1 Å². The lowest BCUT2D eigenvalue weighted by Crippen LogP contribution is -2.68. The highest BCUT2D eigenvalue weighted by atomic mass is 35.7. The number of carbonyl (C=O) groups excluding carboxylic acids is 1. The van der Waals surface area contributed by atoms with Crippen LogP contribution >= 0.6 is 0 Å². The number of allylic oxidation sites excluding steroid dienone is 2. The number of carbonyl (C=O) groups is 1. The molecule has 0 atom stereocenters. The molecule has 0 unspecified atom stereocenters. The topological polar surface area (TPSA) is 134 Å². The van der Waals surface area contributed by atoms with Crippen LogP contribution in [0, 0.1) is 10.2 Å². The number of halogens is 1. The first-order chi connectivity index (χ1) is 20.8. The number of ether oxygens (including phenoxy) is 2. The molecule has 244 valence electrons. The van der Waals surface area contributed by atoms with Crippen LogP contribution in [-0.2, 0) is 4.74 Å². The number of benzene rings is 3. The Labute approximate surface area is 272 Å². The minimum atomic E-state index is -4.94. The molecule has 3 aromatic carbocycles. The Balaban J connectivity index is 0.000000745. The monoisotopic (exact) mass is 648 g/mol. The molecule has 9 nitrogen and oxygen atoms in total. The molecule has 0 radical (unpaired) electrons. The van der Waals surface area contributed by atoms with Crippen LogP contribution in [0.2, 0.25) is 0 Å². The molecule has 6 rings (SSSR count). The van der Waals surface area contributed by atoms with Gasteiger partial charge in [0.25, 0.3) is 0 Å². The van der Waals surface area contributed by atoms with Gasteiger partial charge in [0.2, 0.25) is 5.36 Å². The van der Waals surface area contributed by atoms with Gasteiger partial charge in [0.1, 0.15) is 18.5 Å². The molecular weight excluding hydrogens is 608 g/mol. The van der Waals surface area contributed by atoms with Gasteiger partial charge < -0.3 is 14.4 Å². The summed E-state index contributed by atoms with van der Waals surface area (Å²) in [4.78, 5) is 15.3. The van der Waals surface area contributed by atoms with Crippen LogP contribution in [0.5, 0.6) is 11.5 Å². The number of hydrogen-bond acceptors (Lipinski definition) is 8. The van der Waals surface area contributed by atoms with E-state index in [4.69, 9.17) is 28.1 Å². The van der Waals surface area contributed by atoms with E-state index in [9.17, 15) is 4.79 Å². The lowest BCUT2D eigenvalue weighted by molar-refractivity contribution is -2.00. The zero-order valence-electron chi connectivity index (χ0n) is 26.9. The van der Waals surface area contributed by atoms with Gasteiger partial charge in [0.05, 0.1) is 24.3 Å². The van der Waals surface area contributed by atoms with Crippen molar-refractivity contribution in [3.63, 3.8) is 0 Å². The van der Waals surface area contributed by atoms with Crippen LogP contribution in [0.15, 0.2) is 60.7 Å². The largest absolute Gasteiger partial charge is 0.465 e. The Kier molecular flexibility index (Phi) is 9.09. The van der Waals surface area contributed by atoms with Crippen LogP contribution in [0.1, 0.15) is 81.6 Å². The zero-order chi connectivity index (χ0) is 33.2. The highest BCUT2D eigenvalue weighted by molar-refractivity contribution is 6.00. The number of esters is 1. The number of rotatable bonds is 2. The van der Waals surface area contributed by atoms with E-state index in [-0.39, 0.29) is 24.5 Å².